The van der Waals surface area contributed by atoms with Crippen LogP contribution in [0.1, 0.15) is 17.3 Å². The second-order valence-electron chi connectivity index (χ2n) is 4.97. The van der Waals surface area contributed by atoms with Gasteiger partial charge in [0.25, 0.3) is 0 Å². The van der Waals surface area contributed by atoms with Crippen molar-refractivity contribution in [1.29, 1.82) is 0 Å². The molecule has 4 nitrogen and oxygen atoms in total. The summed E-state index contributed by atoms with van der Waals surface area (Å²) in [6.07, 6.45) is 5.08. The number of hydrogen-bond acceptors (Lipinski definition) is 4. The van der Waals surface area contributed by atoms with Crippen molar-refractivity contribution in [3.8, 4) is 11.1 Å². The van der Waals surface area contributed by atoms with Crippen LogP contribution in [0.25, 0.3) is 11.1 Å². The van der Waals surface area contributed by atoms with E-state index in [1.54, 1.807) is 19.3 Å². The number of Topliss-reactive ketones (excluding diaryl/α,β-unsaturated/α-hetero) is 1. The first kappa shape index (κ1) is 13.9. The molecule has 3 rings (SSSR count). The van der Waals surface area contributed by atoms with Gasteiger partial charge in [0.1, 0.15) is 6.33 Å². The van der Waals surface area contributed by atoms with Gasteiger partial charge in [-0.25, -0.2) is 9.97 Å². The summed E-state index contributed by atoms with van der Waals surface area (Å²) in [5.41, 5.74) is 4.59. The van der Waals surface area contributed by atoms with Crippen LogP contribution in [0.4, 0.5) is 11.4 Å². The van der Waals surface area contributed by atoms with Gasteiger partial charge in [0.2, 0.25) is 0 Å². The van der Waals surface area contributed by atoms with Gasteiger partial charge in [0, 0.05) is 34.9 Å². The van der Waals surface area contributed by atoms with E-state index in [0.29, 0.717) is 5.56 Å². The van der Waals surface area contributed by atoms with Crippen molar-refractivity contribution in [2.75, 3.05) is 5.32 Å². The van der Waals surface area contributed by atoms with Gasteiger partial charge in [0.15, 0.2) is 5.78 Å². The molecule has 0 spiro atoms. The molecule has 0 aliphatic heterocycles. The van der Waals surface area contributed by atoms with Crippen LogP contribution in [0.5, 0.6) is 0 Å². The Hall–Kier alpha value is -3.01. The van der Waals surface area contributed by atoms with Crippen molar-refractivity contribution < 1.29 is 4.79 Å². The van der Waals surface area contributed by atoms with Crippen molar-refractivity contribution in [1.82, 2.24) is 9.97 Å². The number of carbonyl (C=O) groups excluding carboxylic acids is 1. The Bertz CT molecular complexity index is 783. The molecular weight excluding hydrogens is 274 g/mol. The summed E-state index contributed by atoms with van der Waals surface area (Å²) < 4.78 is 0. The Kier molecular flexibility index (Phi) is 3.92. The smallest absolute Gasteiger partial charge is 0.159 e. The maximum Gasteiger partial charge on any atom is 0.159 e. The Morgan fingerprint density at radius 1 is 0.909 bits per heavy atom. The van der Waals surface area contributed by atoms with E-state index < -0.39 is 0 Å². The third-order valence-corrected chi connectivity index (χ3v) is 3.34. The van der Waals surface area contributed by atoms with Crippen molar-refractivity contribution >= 4 is 17.2 Å². The molecule has 0 atom stereocenters. The molecule has 3 aromatic rings. The maximum atomic E-state index is 11.4. The number of ketones is 1. The van der Waals surface area contributed by atoms with E-state index >= 15 is 0 Å². The fourth-order valence-corrected chi connectivity index (χ4v) is 2.18. The van der Waals surface area contributed by atoms with Gasteiger partial charge in [-0.3, -0.25) is 4.79 Å². The quantitative estimate of drug-likeness (QED) is 0.735. The van der Waals surface area contributed by atoms with Crippen LogP contribution in [-0.2, 0) is 0 Å². The van der Waals surface area contributed by atoms with Crippen molar-refractivity contribution in [2.45, 2.75) is 6.92 Å². The predicted octanol–water partition coefficient (Wildman–Crippen LogP) is 4.09. The average molecular weight is 289 g/mol. The molecule has 0 radical (unpaired) electrons. The number of aromatic nitrogens is 2. The minimum atomic E-state index is 0.0584. The number of nitrogens with zero attached hydrogens (tertiary/aromatic N) is 2. The van der Waals surface area contributed by atoms with Crippen LogP contribution in [-0.4, -0.2) is 15.8 Å². The Morgan fingerprint density at radius 2 is 1.64 bits per heavy atom. The number of rotatable bonds is 4. The van der Waals surface area contributed by atoms with E-state index in [2.05, 4.69) is 15.3 Å². The molecule has 1 heterocycles. The summed E-state index contributed by atoms with van der Waals surface area (Å²) in [5, 5.41) is 3.29. The van der Waals surface area contributed by atoms with Crippen LogP contribution in [0.3, 0.4) is 0 Å². The summed E-state index contributed by atoms with van der Waals surface area (Å²) >= 11 is 0. The van der Waals surface area contributed by atoms with Crippen LogP contribution in [0, 0.1) is 0 Å². The predicted molar refractivity (Wildman–Crippen MR) is 87.2 cm³/mol. The highest BCUT2D eigenvalue weighted by Gasteiger charge is 2.02. The van der Waals surface area contributed by atoms with Crippen molar-refractivity contribution in [3.05, 3.63) is 72.8 Å². The van der Waals surface area contributed by atoms with Gasteiger partial charge < -0.3 is 5.32 Å². The van der Waals surface area contributed by atoms with Gasteiger partial charge in [-0.15, -0.1) is 0 Å². The van der Waals surface area contributed by atoms with Gasteiger partial charge in [0.05, 0.1) is 0 Å². The van der Waals surface area contributed by atoms with E-state index in [1.165, 1.54) is 6.33 Å². The number of anilines is 2. The number of carbonyl (C=O) groups is 1. The largest absolute Gasteiger partial charge is 0.356 e. The van der Waals surface area contributed by atoms with Crippen LogP contribution < -0.4 is 5.32 Å². The Labute approximate surface area is 128 Å². The van der Waals surface area contributed by atoms with E-state index in [1.807, 2.05) is 48.5 Å². The third-order valence-electron chi connectivity index (χ3n) is 3.34. The summed E-state index contributed by atoms with van der Waals surface area (Å²) in [5.74, 6) is 0.0584. The van der Waals surface area contributed by atoms with E-state index in [0.717, 1.165) is 22.5 Å². The fourth-order valence-electron chi connectivity index (χ4n) is 2.18. The van der Waals surface area contributed by atoms with Crippen LogP contribution >= 0.6 is 0 Å². The zero-order valence-electron chi connectivity index (χ0n) is 12.2. The summed E-state index contributed by atoms with van der Waals surface area (Å²) in [7, 11) is 0. The van der Waals surface area contributed by atoms with Gasteiger partial charge in [-0.1, -0.05) is 24.3 Å². The first-order chi connectivity index (χ1) is 10.7. The van der Waals surface area contributed by atoms with Gasteiger partial charge >= 0.3 is 0 Å². The molecule has 0 aliphatic carbocycles. The minimum absolute atomic E-state index is 0.0584. The average Bonchev–Trinajstić information content (AvgIpc) is 2.56. The van der Waals surface area contributed by atoms with Crippen molar-refractivity contribution in [3.63, 3.8) is 0 Å². The normalized spacial score (nSPS) is 10.2. The minimum Gasteiger partial charge on any atom is -0.356 e. The molecule has 0 amide bonds. The van der Waals surface area contributed by atoms with E-state index in [4.69, 9.17) is 0 Å². The number of benzene rings is 2. The zero-order valence-corrected chi connectivity index (χ0v) is 12.2. The lowest BCUT2D eigenvalue weighted by molar-refractivity contribution is 0.101. The second-order valence-corrected chi connectivity index (χ2v) is 4.97. The number of nitrogens with one attached hydrogen (secondary N) is 1. The van der Waals surface area contributed by atoms with Gasteiger partial charge in [-0.05, 0) is 36.8 Å². The molecule has 2 aromatic carbocycles. The summed E-state index contributed by atoms with van der Waals surface area (Å²) in [6, 6.07) is 15.5. The first-order valence-electron chi connectivity index (χ1n) is 6.96. The van der Waals surface area contributed by atoms with Gasteiger partial charge in [-0.2, -0.15) is 0 Å². The first-order valence-corrected chi connectivity index (χ1v) is 6.96. The van der Waals surface area contributed by atoms with Crippen LogP contribution in [0.2, 0.25) is 0 Å². The highest BCUT2D eigenvalue weighted by molar-refractivity contribution is 5.95. The topological polar surface area (TPSA) is 54.9 Å². The summed E-state index contributed by atoms with van der Waals surface area (Å²) in [6.45, 7) is 1.57. The van der Waals surface area contributed by atoms with Crippen LogP contribution in [0.15, 0.2) is 67.3 Å². The molecule has 4 heteroatoms. The fraction of sp³-hybridized carbons (Fsp3) is 0.0556. The molecule has 1 N–H and O–H groups in total. The highest BCUT2D eigenvalue weighted by atomic mass is 16.1. The van der Waals surface area contributed by atoms with E-state index in [9.17, 15) is 4.79 Å². The highest BCUT2D eigenvalue weighted by Crippen LogP contribution is 2.22. The maximum absolute atomic E-state index is 11.4. The third kappa shape index (κ3) is 3.17. The molecule has 0 aliphatic rings. The molecular formula is C18H15N3O. The Morgan fingerprint density at radius 3 is 2.32 bits per heavy atom. The second kappa shape index (κ2) is 6.18. The standard InChI is InChI=1S/C18H15N3O/c1-13(22)15-3-2-4-18(9-15)21-17-7-5-14(6-8-17)16-10-19-12-20-11-16/h2-12,21H,1H3. The SMILES string of the molecule is CC(=O)c1cccc(Nc2ccc(-c3cncnc3)cc2)c1. The Balaban J connectivity index is 1.79. The zero-order chi connectivity index (χ0) is 15.4. The summed E-state index contributed by atoms with van der Waals surface area (Å²) in [4.78, 5) is 19.4. The van der Waals surface area contributed by atoms with Crippen molar-refractivity contribution in [2.24, 2.45) is 0 Å². The molecule has 1 aromatic heterocycles. The van der Waals surface area contributed by atoms with E-state index in [-0.39, 0.29) is 5.78 Å². The molecule has 22 heavy (non-hydrogen) atoms. The molecule has 108 valence electrons. The molecule has 0 saturated carbocycles. The molecule has 0 saturated heterocycles. The lowest BCUT2D eigenvalue weighted by Crippen LogP contribution is -1.95. The molecule has 0 unspecified atom stereocenters. The monoisotopic (exact) mass is 289 g/mol. The lowest BCUT2D eigenvalue weighted by atomic mass is 10.1. The number of hydrogen-bond donors (Lipinski definition) is 1. The molecule has 0 bridgehead atoms. The lowest BCUT2D eigenvalue weighted by Gasteiger charge is -2.08. The molecule has 0 fully saturated rings.